The fourth-order valence-corrected chi connectivity index (χ4v) is 4.36. The van der Waals surface area contributed by atoms with Crippen molar-refractivity contribution in [1.82, 2.24) is 19.3 Å². The minimum atomic E-state index is -0.984. The molecule has 0 spiro atoms. The molecule has 3 heterocycles. The Kier molecular flexibility index (Phi) is 5.77. The average Bonchev–Trinajstić information content (AvgIpc) is 3.50. The monoisotopic (exact) mass is 475 g/mol. The normalized spacial score (nSPS) is 15.4. The van der Waals surface area contributed by atoms with Crippen molar-refractivity contribution in [3.05, 3.63) is 72.7 Å². The van der Waals surface area contributed by atoms with Crippen LogP contribution in [0.5, 0.6) is 17.2 Å². The minimum absolute atomic E-state index is 0.0523. The van der Waals surface area contributed by atoms with E-state index in [1.54, 1.807) is 36.8 Å². The first-order valence-corrected chi connectivity index (χ1v) is 11.0. The number of hydrogen-bond acceptors (Lipinski definition) is 6. The van der Waals surface area contributed by atoms with Gasteiger partial charge in [-0.2, -0.15) is 4.39 Å². The molecule has 1 fully saturated rings. The number of fused-ring (bicyclic) bond motifs is 1. The van der Waals surface area contributed by atoms with Crippen molar-refractivity contribution in [2.24, 2.45) is 5.73 Å². The van der Waals surface area contributed by atoms with E-state index in [9.17, 15) is 14.0 Å². The largest absolute Gasteiger partial charge is 0.494 e. The number of rotatable bonds is 5. The van der Waals surface area contributed by atoms with E-state index in [0.717, 1.165) is 17.5 Å². The zero-order valence-electron chi connectivity index (χ0n) is 18.8. The highest BCUT2D eigenvalue weighted by molar-refractivity contribution is 6.34. The lowest BCUT2D eigenvalue weighted by molar-refractivity contribution is -0.144. The molecule has 0 bridgehead atoms. The smallest absolute Gasteiger partial charge is 0.312 e. The third kappa shape index (κ3) is 4.03. The molecule has 0 aliphatic carbocycles. The first kappa shape index (κ1) is 22.3. The molecule has 1 aliphatic heterocycles. The van der Waals surface area contributed by atoms with E-state index in [2.05, 4.69) is 4.98 Å². The number of nitrogens with two attached hydrogens (primary N) is 1. The molecule has 2 aromatic carbocycles. The molecule has 4 aromatic rings. The van der Waals surface area contributed by atoms with Crippen LogP contribution in [0.25, 0.3) is 16.8 Å². The molecule has 2 aromatic heterocycles. The molecule has 2 N–H and O–H groups in total. The summed E-state index contributed by atoms with van der Waals surface area (Å²) in [4.78, 5) is 34.4. The number of ether oxygens (including phenoxy) is 2. The summed E-state index contributed by atoms with van der Waals surface area (Å²) in [6.45, 7) is 0.439. The number of aromatic nitrogens is 3. The van der Waals surface area contributed by atoms with Gasteiger partial charge in [0.05, 0.1) is 30.6 Å². The topological polar surface area (TPSA) is 112 Å². The van der Waals surface area contributed by atoms with Crippen LogP contribution in [0.1, 0.15) is 24.7 Å². The van der Waals surface area contributed by atoms with E-state index in [1.807, 2.05) is 16.5 Å². The fourth-order valence-electron chi connectivity index (χ4n) is 4.36. The van der Waals surface area contributed by atoms with Crippen molar-refractivity contribution in [3.63, 3.8) is 0 Å². The molecule has 1 atom stereocenters. The second-order valence-corrected chi connectivity index (χ2v) is 8.07. The SMILES string of the molecule is COc1cccc(Oc2ccc(-c3nc(C4CCCN4C(=O)C(N)=O)n4ccncc34)cc2)c1F. The standard InChI is InChI=1S/C25H22FN5O4/c1-34-19-5-2-6-20(21(19)26)35-16-9-7-15(8-10-16)22-18-14-28-11-13-30(18)24(29-22)17-4-3-12-31(17)25(33)23(27)32/h2,5-11,13-14,17H,3-4,12H2,1H3,(H2,27,32). The third-order valence-corrected chi connectivity index (χ3v) is 6.00. The summed E-state index contributed by atoms with van der Waals surface area (Å²) in [7, 11) is 1.39. The summed E-state index contributed by atoms with van der Waals surface area (Å²) in [5, 5.41) is 0. The van der Waals surface area contributed by atoms with E-state index in [1.165, 1.54) is 24.1 Å². The van der Waals surface area contributed by atoms with Crippen molar-refractivity contribution < 1.29 is 23.5 Å². The van der Waals surface area contributed by atoms with Crippen molar-refractivity contribution in [2.45, 2.75) is 18.9 Å². The van der Waals surface area contributed by atoms with Crippen molar-refractivity contribution in [3.8, 4) is 28.5 Å². The molecule has 10 heteroatoms. The van der Waals surface area contributed by atoms with Crippen LogP contribution in [0.2, 0.25) is 0 Å². The predicted octanol–water partition coefficient (Wildman–Crippen LogP) is 3.49. The molecule has 2 amide bonds. The van der Waals surface area contributed by atoms with Crippen LogP contribution >= 0.6 is 0 Å². The molecule has 1 saturated heterocycles. The fraction of sp³-hybridized carbons (Fsp3) is 0.200. The Morgan fingerprint density at radius 2 is 1.91 bits per heavy atom. The van der Waals surface area contributed by atoms with Crippen LogP contribution in [0.15, 0.2) is 61.1 Å². The van der Waals surface area contributed by atoms with Gasteiger partial charge in [0.1, 0.15) is 11.6 Å². The summed E-state index contributed by atoms with van der Waals surface area (Å²) in [6.07, 6.45) is 6.51. The van der Waals surface area contributed by atoms with Crippen molar-refractivity contribution >= 4 is 17.3 Å². The zero-order valence-corrected chi connectivity index (χ0v) is 18.8. The van der Waals surface area contributed by atoms with Gasteiger partial charge in [0.15, 0.2) is 11.5 Å². The number of benzene rings is 2. The Labute approximate surface area is 199 Å². The Balaban J connectivity index is 1.48. The van der Waals surface area contributed by atoms with Gasteiger partial charge < -0.3 is 20.1 Å². The maximum Gasteiger partial charge on any atom is 0.312 e. The molecule has 0 saturated carbocycles. The van der Waals surface area contributed by atoms with Gasteiger partial charge in [0.25, 0.3) is 0 Å². The third-order valence-electron chi connectivity index (χ3n) is 6.00. The predicted molar refractivity (Wildman–Crippen MR) is 124 cm³/mol. The number of carbonyl (C=O) groups is 2. The highest BCUT2D eigenvalue weighted by atomic mass is 19.1. The number of halogens is 1. The Hall–Kier alpha value is -4.47. The first-order valence-electron chi connectivity index (χ1n) is 11.0. The molecule has 1 aliphatic rings. The molecule has 5 rings (SSSR count). The van der Waals surface area contributed by atoms with Crippen molar-refractivity contribution in [2.75, 3.05) is 13.7 Å². The van der Waals surface area contributed by atoms with E-state index in [4.69, 9.17) is 20.2 Å². The van der Waals surface area contributed by atoms with Gasteiger partial charge >= 0.3 is 11.8 Å². The molecule has 178 valence electrons. The van der Waals surface area contributed by atoms with Crippen LogP contribution in [-0.2, 0) is 9.59 Å². The van der Waals surface area contributed by atoms with Gasteiger partial charge in [-0.05, 0) is 49.2 Å². The Morgan fingerprint density at radius 3 is 2.66 bits per heavy atom. The molecule has 9 nitrogen and oxygen atoms in total. The zero-order chi connectivity index (χ0) is 24.5. The summed E-state index contributed by atoms with van der Waals surface area (Å²) < 4.78 is 27.0. The first-order chi connectivity index (χ1) is 17.0. The number of nitrogens with zero attached hydrogens (tertiary/aromatic N) is 4. The Morgan fingerprint density at radius 1 is 1.14 bits per heavy atom. The number of imidazole rings is 1. The number of amides is 2. The minimum Gasteiger partial charge on any atom is -0.494 e. The van der Waals surface area contributed by atoms with Gasteiger partial charge in [-0.15, -0.1) is 0 Å². The second-order valence-electron chi connectivity index (χ2n) is 8.07. The van der Waals surface area contributed by atoms with E-state index < -0.39 is 17.6 Å². The maximum atomic E-state index is 14.4. The van der Waals surface area contributed by atoms with Crippen LogP contribution in [-0.4, -0.2) is 44.7 Å². The van der Waals surface area contributed by atoms with E-state index in [-0.39, 0.29) is 17.5 Å². The molecule has 35 heavy (non-hydrogen) atoms. The lowest BCUT2D eigenvalue weighted by atomic mass is 10.1. The highest BCUT2D eigenvalue weighted by Gasteiger charge is 2.35. The lowest BCUT2D eigenvalue weighted by Gasteiger charge is -2.22. The van der Waals surface area contributed by atoms with Gasteiger partial charge in [0, 0.05) is 24.5 Å². The quantitative estimate of drug-likeness (QED) is 0.442. The van der Waals surface area contributed by atoms with Crippen molar-refractivity contribution in [1.29, 1.82) is 0 Å². The average molecular weight is 475 g/mol. The number of hydrogen-bond donors (Lipinski definition) is 1. The molecule has 1 unspecified atom stereocenters. The Bertz CT molecular complexity index is 1420. The highest BCUT2D eigenvalue weighted by Crippen LogP contribution is 2.36. The summed E-state index contributed by atoms with van der Waals surface area (Å²) >= 11 is 0. The van der Waals surface area contributed by atoms with Crippen LogP contribution in [0.4, 0.5) is 4.39 Å². The van der Waals surface area contributed by atoms with Gasteiger partial charge in [0.2, 0.25) is 5.82 Å². The van der Waals surface area contributed by atoms with Crippen LogP contribution in [0, 0.1) is 5.82 Å². The van der Waals surface area contributed by atoms with Crippen LogP contribution in [0.3, 0.4) is 0 Å². The summed E-state index contributed by atoms with van der Waals surface area (Å²) in [5.41, 5.74) is 7.44. The van der Waals surface area contributed by atoms with Crippen LogP contribution < -0.4 is 15.2 Å². The summed E-state index contributed by atoms with van der Waals surface area (Å²) in [5.74, 6) is -1.06. The van der Waals surface area contributed by atoms with Gasteiger partial charge in [-0.25, -0.2) is 4.98 Å². The number of primary amides is 1. The second kappa shape index (κ2) is 9.05. The maximum absolute atomic E-state index is 14.4. The molecular weight excluding hydrogens is 453 g/mol. The van der Waals surface area contributed by atoms with Gasteiger partial charge in [-0.1, -0.05) is 6.07 Å². The number of carbonyl (C=O) groups excluding carboxylic acids is 2. The summed E-state index contributed by atoms with van der Waals surface area (Å²) in [6, 6.07) is 11.4. The number of methoxy groups -OCH3 is 1. The number of likely N-dealkylation sites (tertiary alicyclic amines) is 1. The molecule has 0 radical (unpaired) electrons. The van der Waals surface area contributed by atoms with E-state index >= 15 is 0 Å². The van der Waals surface area contributed by atoms with E-state index in [0.29, 0.717) is 30.2 Å². The molecular formula is C25H22FN5O4. The van der Waals surface area contributed by atoms with Gasteiger partial charge in [-0.3, -0.25) is 19.0 Å². The lowest BCUT2D eigenvalue weighted by Crippen LogP contribution is -2.40.